The third kappa shape index (κ3) is 1.62. The number of pyridine rings is 1. The average Bonchev–Trinajstić information content (AvgIpc) is 2.65. The molecule has 2 aromatic rings. The molecule has 2 N–H and O–H groups in total. The summed E-state index contributed by atoms with van der Waals surface area (Å²) < 4.78 is 0. The second kappa shape index (κ2) is 3.84. The highest BCUT2D eigenvalue weighted by molar-refractivity contribution is 6.01. The zero-order chi connectivity index (χ0) is 12.7. The summed E-state index contributed by atoms with van der Waals surface area (Å²) in [6, 6.07) is 7.88. The topological polar surface area (TPSA) is 59.2 Å². The van der Waals surface area contributed by atoms with Crippen LogP contribution in [0, 0.1) is 0 Å². The fourth-order valence-corrected chi connectivity index (χ4v) is 2.27. The van der Waals surface area contributed by atoms with E-state index in [0.29, 0.717) is 12.1 Å². The van der Waals surface area contributed by atoms with Crippen molar-refractivity contribution in [3.05, 3.63) is 42.2 Å². The normalized spacial score (nSPS) is 13.8. The van der Waals surface area contributed by atoms with Gasteiger partial charge in [0.1, 0.15) is 0 Å². The fraction of sp³-hybridized carbons (Fsp3) is 0.143. The minimum Gasteiger partial charge on any atom is -0.397 e. The van der Waals surface area contributed by atoms with E-state index < -0.39 is 0 Å². The minimum atomic E-state index is 0.132. The molecular formula is C14H13N3O. The first-order valence-corrected chi connectivity index (χ1v) is 5.75. The Bertz CT molecular complexity index is 637. The van der Waals surface area contributed by atoms with E-state index in [1.807, 2.05) is 24.3 Å². The van der Waals surface area contributed by atoms with Crippen LogP contribution in [0.25, 0.3) is 11.1 Å². The lowest BCUT2D eigenvalue weighted by Crippen LogP contribution is -2.20. The SMILES string of the molecule is CN1C(=O)Cc2cc(-c3cncc(N)c3)ccc21. The molecule has 0 fully saturated rings. The molecule has 4 nitrogen and oxygen atoms in total. The molecule has 0 radical (unpaired) electrons. The first-order chi connectivity index (χ1) is 8.65. The van der Waals surface area contributed by atoms with Crippen LogP contribution in [0.3, 0.4) is 0 Å². The number of carbonyl (C=O) groups excluding carboxylic acids is 1. The molecule has 90 valence electrons. The maximum Gasteiger partial charge on any atom is 0.231 e. The van der Waals surface area contributed by atoms with E-state index in [0.717, 1.165) is 22.4 Å². The Morgan fingerprint density at radius 1 is 1.22 bits per heavy atom. The van der Waals surface area contributed by atoms with Gasteiger partial charge in [-0.2, -0.15) is 0 Å². The van der Waals surface area contributed by atoms with Crippen LogP contribution in [0.4, 0.5) is 11.4 Å². The van der Waals surface area contributed by atoms with Crippen molar-refractivity contribution in [3.63, 3.8) is 0 Å². The highest BCUT2D eigenvalue weighted by atomic mass is 16.2. The van der Waals surface area contributed by atoms with Crippen LogP contribution in [0.5, 0.6) is 0 Å². The molecule has 1 aliphatic heterocycles. The Morgan fingerprint density at radius 3 is 2.83 bits per heavy atom. The predicted molar refractivity (Wildman–Crippen MR) is 71.2 cm³/mol. The molecule has 1 aromatic heterocycles. The number of nitrogens with two attached hydrogens (primary N) is 1. The molecule has 0 unspecified atom stereocenters. The largest absolute Gasteiger partial charge is 0.397 e. The molecule has 0 aliphatic carbocycles. The van der Waals surface area contributed by atoms with Gasteiger partial charge in [-0.25, -0.2) is 0 Å². The molecule has 1 aliphatic rings. The van der Waals surface area contributed by atoms with Gasteiger partial charge in [0.2, 0.25) is 5.91 Å². The van der Waals surface area contributed by atoms with Crippen molar-refractivity contribution in [2.75, 3.05) is 17.7 Å². The molecule has 1 amide bonds. The maximum atomic E-state index is 11.6. The van der Waals surface area contributed by atoms with Crippen LogP contribution in [-0.4, -0.2) is 17.9 Å². The average molecular weight is 239 g/mol. The van der Waals surface area contributed by atoms with Crippen molar-refractivity contribution in [1.29, 1.82) is 0 Å². The molecular weight excluding hydrogens is 226 g/mol. The van der Waals surface area contributed by atoms with Crippen LogP contribution in [-0.2, 0) is 11.2 Å². The van der Waals surface area contributed by atoms with Gasteiger partial charge in [-0.1, -0.05) is 6.07 Å². The van der Waals surface area contributed by atoms with Crippen molar-refractivity contribution in [3.8, 4) is 11.1 Å². The van der Waals surface area contributed by atoms with Crippen molar-refractivity contribution in [1.82, 2.24) is 4.98 Å². The summed E-state index contributed by atoms with van der Waals surface area (Å²) in [6.45, 7) is 0. The number of benzene rings is 1. The number of hydrogen-bond acceptors (Lipinski definition) is 3. The molecule has 4 heteroatoms. The lowest BCUT2D eigenvalue weighted by Gasteiger charge is -2.10. The number of amides is 1. The summed E-state index contributed by atoms with van der Waals surface area (Å²) in [5.41, 5.74) is 10.4. The molecule has 0 bridgehead atoms. The second-order valence-electron chi connectivity index (χ2n) is 4.48. The van der Waals surface area contributed by atoms with E-state index in [4.69, 9.17) is 5.73 Å². The van der Waals surface area contributed by atoms with E-state index in [1.54, 1.807) is 24.3 Å². The third-order valence-corrected chi connectivity index (χ3v) is 3.25. The van der Waals surface area contributed by atoms with Gasteiger partial charge >= 0.3 is 0 Å². The minimum absolute atomic E-state index is 0.132. The van der Waals surface area contributed by atoms with Gasteiger partial charge in [0, 0.05) is 30.7 Å². The van der Waals surface area contributed by atoms with Gasteiger partial charge in [0.15, 0.2) is 0 Å². The maximum absolute atomic E-state index is 11.6. The molecule has 18 heavy (non-hydrogen) atoms. The number of carbonyl (C=O) groups is 1. The van der Waals surface area contributed by atoms with Gasteiger partial charge in [-0.15, -0.1) is 0 Å². The summed E-state index contributed by atoms with van der Waals surface area (Å²) in [7, 11) is 1.80. The van der Waals surface area contributed by atoms with Crippen molar-refractivity contribution in [2.45, 2.75) is 6.42 Å². The monoisotopic (exact) mass is 239 g/mol. The molecule has 3 rings (SSSR count). The number of fused-ring (bicyclic) bond motifs is 1. The highest BCUT2D eigenvalue weighted by Gasteiger charge is 2.23. The second-order valence-corrected chi connectivity index (χ2v) is 4.48. The van der Waals surface area contributed by atoms with Crippen LogP contribution >= 0.6 is 0 Å². The molecule has 0 spiro atoms. The molecule has 2 heterocycles. The van der Waals surface area contributed by atoms with Crippen LogP contribution in [0.1, 0.15) is 5.56 Å². The summed E-state index contributed by atoms with van der Waals surface area (Å²) in [5, 5.41) is 0. The standard InChI is InChI=1S/C14H13N3O/c1-17-13-3-2-9(4-10(13)6-14(17)18)11-5-12(15)8-16-7-11/h2-5,7-8H,6,15H2,1H3. The number of nitrogen functional groups attached to an aromatic ring is 1. The lowest BCUT2D eigenvalue weighted by atomic mass is 10.0. The van der Waals surface area contributed by atoms with Gasteiger partial charge in [0.25, 0.3) is 0 Å². The molecule has 1 aromatic carbocycles. The summed E-state index contributed by atoms with van der Waals surface area (Å²) in [5.74, 6) is 0.132. The summed E-state index contributed by atoms with van der Waals surface area (Å²) >= 11 is 0. The number of rotatable bonds is 1. The third-order valence-electron chi connectivity index (χ3n) is 3.25. The zero-order valence-corrected chi connectivity index (χ0v) is 10.1. The van der Waals surface area contributed by atoms with E-state index >= 15 is 0 Å². The first-order valence-electron chi connectivity index (χ1n) is 5.75. The quantitative estimate of drug-likeness (QED) is 0.826. The van der Waals surface area contributed by atoms with Crippen LogP contribution in [0.15, 0.2) is 36.7 Å². The predicted octanol–water partition coefficient (Wildman–Crippen LogP) is 1.85. The van der Waals surface area contributed by atoms with Crippen molar-refractivity contribution in [2.24, 2.45) is 0 Å². The van der Waals surface area contributed by atoms with Crippen LogP contribution in [0.2, 0.25) is 0 Å². The Labute approximate surface area is 105 Å². The zero-order valence-electron chi connectivity index (χ0n) is 10.1. The van der Waals surface area contributed by atoms with Gasteiger partial charge in [0.05, 0.1) is 12.1 Å². The Morgan fingerprint density at radius 2 is 2.06 bits per heavy atom. The molecule has 0 atom stereocenters. The number of likely N-dealkylation sites (N-methyl/N-ethyl adjacent to an activating group) is 1. The fourth-order valence-electron chi connectivity index (χ4n) is 2.27. The smallest absolute Gasteiger partial charge is 0.231 e. The Balaban J connectivity index is 2.07. The van der Waals surface area contributed by atoms with E-state index in [-0.39, 0.29) is 5.91 Å². The van der Waals surface area contributed by atoms with E-state index in [2.05, 4.69) is 4.98 Å². The Kier molecular flexibility index (Phi) is 2.30. The number of nitrogens with zero attached hydrogens (tertiary/aromatic N) is 2. The van der Waals surface area contributed by atoms with Crippen molar-refractivity contribution < 1.29 is 4.79 Å². The number of hydrogen-bond donors (Lipinski definition) is 1. The van der Waals surface area contributed by atoms with Gasteiger partial charge in [-0.05, 0) is 29.3 Å². The molecule has 0 saturated carbocycles. The lowest BCUT2D eigenvalue weighted by molar-refractivity contribution is -0.117. The van der Waals surface area contributed by atoms with E-state index in [9.17, 15) is 4.79 Å². The highest BCUT2D eigenvalue weighted by Crippen LogP contribution is 2.32. The van der Waals surface area contributed by atoms with E-state index in [1.165, 1.54) is 0 Å². The van der Waals surface area contributed by atoms with Gasteiger partial charge in [-0.3, -0.25) is 9.78 Å². The Hall–Kier alpha value is -2.36. The van der Waals surface area contributed by atoms with Crippen molar-refractivity contribution >= 4 is 17.3 Å². The summed E-state index contributed by atoms with van der Waals surface area (Å²) in [4.78, 5) is 17.4. The summed E-state index contributed by atoms with van der Waals surface area (Å²) in [6.07, 6.45) is 3.86. The van der Waals surface area contributed by atoms with Gasteiger partial charge < -0.3 is 10.6 Å². The first kappa shape index (κ1) is 10.8. The molecule has 0 saturated heterocycles. The number of anilines is 2. The van der Waals surface area contributed by atoms with Crippen LogP contribution < -0.4 is 10.6 Å². The number of aromatic nitrogens is 1.